The van der Waals surface area contributed by atoms with Gasteiger partial charge < -0.3 is 15.4 Å². The molecule has 1 amide bonds. The first-order valence-electron chi connectivity index (χ1n) is 7.95. The van der Waals surface area contributed by atoms with E-state index in [1.165, 1.54) is 0 Å². The summed E-state index contributed by atoms with van der Waals surface area (Å²) in [5.74, 6) is 0.919. The molecule has 0 saturated heterocycles. The van der Waals surface area contributed by atoms with E-state index >= 15 is 0 Å². The third-order valence-corrected chi connectivity index (χ3v) is 3.49. The first-order chi connectivity index (χ1) is 11.3. The summed E-state index contributed by atoms with van der Waals surface area (Å²) in [5, 5.41) is 5.96. The number of rotatable bonds is 9. The van der Waals surface area contributed by atoms with Crippen LogP contribution in [-0.4, -0.2) is 19.5 Å². The van der Waals surface area contributed by atoms with Crippen molar-refractivity contribution in [2.75, 3.05) is 13.6 Å². The van der Waals surface area contributed by atoms with Crippen LogP contribution in [0.1, 0.15) is 24.0 Å². The van der Waals surface area contributed by atoms with Crippen LogP contribution in [0.4, 0.5) is 0 Å². The summed E-state index contributed by atoms with van der Waals surface area (Å²) in [6, 6.07) is 17.9. The third-order valence-electron chi connectivity index (χ3n) is 3.49. The minimum absolute atomic E-state index is 0. The Hall–Kier alpha value is -2.04. The van der Waals surface area contributed by atoms with Gasteiger partial charge in [0.15, 0.2) is 0 Å². The number of halogens is 1. The minimum Gasteiger partial charge on any atom is -0.489 e. The van der Waals surface area contributed by atoms with Crippen LogP contribution in [0.15, 0.2) is 54.6 Å². The largest absolute Gasteiger partial charge is 0.489 e. The first kappa shape index (κ1) is 20.0. The number of hydrogen-bond acceptors (Lipinski definition) is 3. The van der Waals surface area contributed by atoms with Gasteiger partial charge in [0.1, 0.15) is 12.4 Å². The highest BCUT2D eigenvalue weighted by molar-refractivity contribution is 5.85. The van der Waals surface area contributed by atoms with Crippen LogP contribution < -0.4 is 15.4 Å². The highest BCUT2D eigenvalue weighted by atomic mass is 35.5. The molecule has 0 aliphatic carbocycles. The molecule has 5 heteroatoms. The van der Waals surface area contributed by atoms with E-state index in [0.717, 1.165) is 29.8 Å². The lowest BCUT2D eigenvalue weighted by Gasteiger charge is -2.08. The van der Waals surface area contributed by atoms with Crippen molar-refractivity contribution in [1.82, 2.24) is 10.6 Å². The lowest BCUT2D eigenvalue weighted by molar-refractivity contribution is -0.121. The number of carbonyl (C=O) groups is 1. The highest BCUT2D eigenvalue weighted by Crippen LogP contribution is 2.14. The van der Waals surface area contributed by atoms with Crippen molar-refractivity contribution in [2.45, 2.75) is 26.0 Å². The van der Waals surface area contributed by atoms with Crippen LogP contribution in [0.2, 0.25) is 0 Å². The maximum atomic E-state index is 11.7. The highest BCUT2D eigenvalue weighted by Gasteiger charge is 2.01. The van der Waals surface area contributed by atoms with Gasteiger partial charge >= 0.3 is 0 Å². The van der Waals surface area contributed by atoms with Gasteiger partial charge in [0, 0.05) is 13.0 Å². The van der Waals surface area contributed by atoms with Gasteiger partial charge in [-0.25, -0.2) is 0 Å². The Labute approximate surface area is 150 Å². The van der Waals surface area contributed by atoms with Gasteiger partial charge in [0.05, 0.1) is 0 Å². The van der Waals surface area contributed by atoms with E-state index in [4.69, 9.17) is 4.74 Å². The van der Waals surface area contributed by atoms with Crippen molar-refractivity contribution < 1.29 is 9.53 Å². The molecule has 0 saturated carbocycles. The molecule has 2 rings (SSSR count). The standard InChI is InChI=1S/C19H24N2O2.ClH/c1-20-13-5-8-19(22)21-14-16-9-11-18(12-10-16)23-15-17-6-3-2-4-7-17;/h2-4,6-7,9-12,20H,5,8,13-15H2,1H3,(H,21,22);1H. The lowest BCUT2D eigenvalue weighted by atomic mass is 10.2. The van der Waals surface area contributed by atoms with E-state index in [1.807, 2.05) is 61.6 Å². The second kappa shape index (κ2) is 11.5. The zero-order chi connectivity index (χ0) is 16.3. The Balaban J connectivity index is 0.00000288. The molecule has 0 heterocycles. The normalized spacial score (nSPS) is 9.88. The van der Waals surface area contributed by atoms with Gasteiger partial charge in [-0.3, -0.25) is 4.79 Å². The molecular formula is C19H25ClN2O2. The van der Waals surface area contributed by atoms with Crippen LogP contribution in [0.25, 0.3) is 0 Å². The van der Waals surface area contributed by atoms with Crippen molar-refractivity contribution in [1.29, 1.82) is 0 Å². The molecule has 0 aromatic heterocycles. The zero-order valence-corrected chi connectivity index (χ0v) is 14.8. The monoisotopic (exact) mass is 348 g/mol. The van der Waals surface area contributed by atoms with Gasteiger partial charge in [-0.2, -0.15) is 0 Å². The van der Waals surface area contributed by atoms with Gasteiger partial charge in [-0.15, -0.1) is 12.4 Å². The summed E-state index contributed by atoms with van der Waals surface area (Å²) in [7, 11) is 1.89. The molecule has 0 atom stereocenters. The van der Waals surface area contributed by atoms with Crippen molar-refractivity contribution >= 4 is 18.3 Å². The van der Waals surface area contributed by atoms with Crippen LogP contribution in [0.5, 0.6) is 5.75 Å². The number of amides is 1. The molecule has 130 valence electrons. The van der Waals surface area contributed by atoms with Crippen molar-refractivity contribution in [3.8, 4) is 5.75 Å². The second-order valence-electron chi connectivity index (χ2n) is 5.40. The second-order valence-corrected chi connectivity index (χ2v) is 5.40. The fourth-order valence-electron chi connectivity index (χ4n) is 2.16. The Kier molecular flexibility index (Phi) is 9.58. The van der Waals surface area contributed by atoms with Crippen molar-refractivity contribution in [3.05, 3.63) is 65.7 Å². The molecule has 2 aromatic rings. The topological polar surface area (TPSA) is 50.4 Å². The fourth-order valence-corrected chi connectivity index (χ4v) is 2.16. The van der Waals surface area contributed by atoms with E-state index in [1.54, 1.807) is 0 Å². The molecular weight excluding hydrogens is 324 g/mol. The fraction of sp³-hybridized carbons (Fsp3) is 0.316. The summed E-state index contributed by atoms with van der Waals surface area (Å²) in [6.45, 7) is 1.97. The number of nitrogens with one attached hydrogen (secondary N) is 2. The quantitative estimate of drug-likeness (QED) is 0.684. The molecule has 2 N–H and O–H groups in total. The Morgan fingerprint density at radius 1 is 1.00 bits per heavy atom. The summed E-state index contributed by atoms with van der Waals surface area (Å²) >= 11 is 0. The first-order valence-corrected chi connectivity index (χ1v) is 7.95. The Bertz CT molecular complexity index is 588. The summed E-state index contributed by atoms with van der Waals surface area (Å²) in [5.41, 5.74) is 2.21. The van der Waals surface area contributed by atoms with Crippen LogP contribution in [-0.2, 0) is 17.9 Å². The SMILES string of the molecule is CNCCCC(=O)NCc1ccc(OCc2ccccc2)cc1.Cl. The maximum Gasteiger partial charge on any atom is 0.220 e. The maximum absolute atomic E-state index is 11.7. The van der Waals surface area contributed by atoms with Crippen LogP contribution in [0, 0.1) is 0 Å². The van der Waals surface area contributed by atoms with E-state index in [0.29, 0.717) is 19.6 Å². The molecule has 0 unspecified atom stereocenters. The summed E-state index contributed by atoms with van der Waals surface area (Å²) < 4.78 is 5.74. The van der Waals surface area contributed by atoms with Crippen LogP contribution >= 0.6 is 12.4 Å². The van der Waals surface area contributed by atoms with Gasteiger partial charge in [0.25, 0.3) is 0 Å². The number of ether oxygens (including phenoxy) is 1. The van der Waals surface area contributed by atoms with Gasteiger partial charge in [-0.1, -0.05) is 42.5 Å². The molecule has 4 nitrogen and oxygen atoms in total. The molecule has 24 heavy (non-hydrogen) atoms. The average molecular weight is 349 g/mol. The lowest BCUT2D eigenvalue weighted by Crippen LogP contribution is -2.23. The molecule has 0 radical (unpaired) electrons. The van der Waals surface area contributed by atoms with Gasteiger partial charge in [0.2, 0.25) is 5.91 Å². The summed E-state index contributed by atoms with van der Waals surface area (Å²) in [4.78, 5) is 11.7. The zero-order valence-electron chi connectivity index (χ0n) is 14.0. The number of carbonyl (C=O) groups excluding carboxylic acids is 1. The molecule has 2 aromatic carbocycles. The van der Waals surface area contributed by atoms with E-state index in [2.05, 4.69) is 10.6 Å². The van der Waals surface area contributed by atoms with E-state index in [-0.39, 0.29) is 18.3 Å². The van der Waals surface area contributed by atoms with Crippen LogP contribution in [0.3, 0.4) is 0 Å². The average Bonchev–Trinajstić information content (AvgIpc) is 2.60. The summed E-state index contributed by atoms with van der Waals surface area (Å²) in [6.07, 6.45) is 1.41. The number of benzene rings is 2. The molecule has 0 spiro atoms. The third kappa shape index (κ3) is 7.49. The van der Waals surface area contributed by atoms with E-state index < -0.39 is 0 Å². The molecule has 0 aliphatic heterocycles. The minimum atomic E-state index is 0. The van der Waals surface area contributed by atoms with Gasteiger partial charge in [-0.05, 0) is 43.3 Å². The predicted molar refractivity (Wildman–Crippen MR) is 99.5 cm³/mol. The van der Waals surface area contributed by atoms with Crippen molar-refractivity contribution in [2.24, 2.45) is 0 Å². The molecule has 0 aliphatic rings. The molecule has 0 bridgehead atoms. The number of hydrogen-bond donors (Lipinski definition) is 2. The Morgan fingerprint density at radius 3 is 2.38 bits per heavy atom. The van der Waals surface area contributed by atoms with Crippen molar-refractivity contribution in [3.63, 3.8) is 0 Å². The van der Waals surface area contributed by atoms with E-state index in [9.17, 15) is 4.79 Å². The predicted octanol–water partition coefficient (Wildman–Crippen LogP) is 3.30. The Morgan fingerprint density at radius 2 is 1.71 bits per heavy atom. The smallest absolute Gasteiger partial charge is 0.220 e. The molecule has 0 fully saturated rings.